The molecule has 1 N–H and O–H groups in total. The van der Waals surface area contributed by atoms with Gasteiger partial charge >= 0.3 is 6.03 Å². The van der Waals surface area contributed by atoms with Crippen LogP contribution in [0.2, 0.25) is 0 Å². The standard InChI is InChI=1S/C9H18N2O2S/c1-14(13)8-5-10-9(12)11-6-3-2-4-7-11/h2-8H2,1H3,(H,10,12). The van der Waals surface area contributed by atoms with E-state index in [-0.39, 0.29) is 6.03 Å². The Hall–Kier alpha value is -0.580. The minimum atomic E-state index is -0.820. The molecule has 1 heterocycles. The van der Waals surface area contributed by atoms with Crippen LogP contribution in [-0.4, -0.2) is 46.8 Å². The lowest BCUT2D eigenvalue weighted by Crippen LogP contribution is -2.43. The number of urea groups is 1. The van der Waals surface area contributed by atoms with Gasteiger partial charge in [0, 0.05) is 42.4 Å². The summed E-state index contributed by atoms with van der Waals surface area (Å²) in [7, 11) is -0.820. The molecule has 2 amide bonds. The maximum Gasteiger partial charge on any atom is 0.317 e. The van der Waals surface area contributed by atoms with Crippen molar-refractivity contribution in [3.63, 3.8) is 0 Å². The maximum absolute atomic E-state index is 11.5. The highest BCUT2D eigenvalue weighted by molar-refractivity contribution is 7.84. The van der Waals surface area contributed by atoms with Crippen LogP contribution in [0.25, 0.3) is 0 Å². The van der Waals surface area contributed by atoms with E-state index in [4.69, 9.17) is 0 Å². The number of hydrogen-bond donors (Lipinski definition) is 1. The minimum Gasteiger partial charge on any atom is -0.337 e. The molecule has 0 radical (unpaired) electrons. The highest BCUT2D eigenvalue weighted by Gasteiger charge is 2.15. The molecule has 0 aromatic rings. The molecule has 0 aliphatic carbocycles. The van der Waals surface area contributed by atoms with Crippen molar-refractivity contribution >= 4 is 16.8 Å². The molecule has 1 aliphatic rings. The Balaban J connectivity index is 2.16. The van der Waals surface area contributed by atoms with Crippen molar-refractivity contribution in [3.05, 3.63) is 0 Å². The predicted molar refractivity (Wildman–Crippen MR) is 57.8 cm³/mol. The van der Waals surface area contributed by atoms with Crippen LogP contribution >= 0.6 is 0 Å². The first-order valence-corrected chi connectivity index (χ1v) is 6.75. The molecule has 0 saturated carbocycles. The molecule has 1 saturated heterocycles. The van der Waals surface area contributed by atoms with Crippen molar-refractivity contribution in [1.82, 2.24) is 10.2 Å². The number of carbonyl (C=O) groups is 1. The number of nitrogens with zero attached hydrogens (tertiary/aromatic N) is 1. The topological polar surface area (TPSA) is 49.4 Å². The second-order valence-electron chi connectivity index (χ2n) is 3.56. The van der Waals surface area contributed by atoms with Gasteiger partial charge in [0.1, 0.15) is 0 Å². The molecular weight excluding hydrogens is 200 g/mol. The van der Waals surface area contributed by atoms with Crippen LogP contribution in [0.1, 0.15) is 19.3 Å². The van der Waals surface area contributed by atoms with Crippen LogP contribution in [0.15, 0.2) is 0 Å². The second-order valence-corrected chi connectivity index (χ2v) is 5.11. The highest BCUT2D eigenvalue weighted by Crippen LogP contribution is 2.07. The van der Waals surface area contributed by atoms with Crippen LogP contribution in [0, 0.1) is 0 Å². The summed E-state index contributed by atoms with van der Waals surface area (Å²) in [5.74, 6) is 0.541. The maximum atomic E-state index is 11.5. The van der Waals surface area contributed by atoms with Crippen molar-refractivity contribution in [2.24, 2.45) is 0 Å². The summed E-state index contributed by atoms with van der Waals surface area (Å²) >= 11 is 0. The fourth-order valence-corrected chi connectivity index (χ4v) is 1.90. The SMILES string of the molecule is CS(=O)CCNC(=O)N1CCCCC1. The van der Waals surface area contributed by atoms with E-state index in [1.54, 1.807) is 6.26 Å². The van der Waals surface area contributed by atoms with Gasteiger partial charge in [-0.2, -0.15) is 0 Å². The number of rotatable bonds is 3. The number of nitrogens with one attached hydrogen (secondary N) is 1. The van der Waals surface area contributed by atoms with Crippen LogP contribution in [0.4, 0.5) is 4.79 Å². The van der Waals surface area contributed by atoms with E-state index in [0.29, 0.717) is 12.3 Å². The third kappa shape index (κ3) is 4.09. The molecule has 0 aromatic carbocycles. The Labute approximate surface area is 87.5 Å². The molecule has 14 heavy (non-hydrogen) atoms. The van der Waals surface area contributed by atoms with Gasteiger partial charge < -0.3 is 10.2 Å². The van der Waals surface area contributed by atoms with Gasteiger partial charge in [0.05, 0.1) is 0 Å². The molecule has 1 rings (SSSR count). The fraction of sp³-hybridized carbons (Fsp3) is 0.889. The normalized spacial score (nSPS) is 19.1. The summed E-state index contributed by atoms with van der Waals surface area (Å²) in [6, 6.07) is -0.00449. The van der Waals surface area contributed by atoms with Crippen molar-refractivity contribution < 1.29 is 9.00 Å². The largest absolute Gasteiger partial charge is 0.337 e. The molecule has 1 unspecified atom stereocenters. The van der Waals surface area contributed by atoms with E-state index in [1.165, 1.54) is 6.42 Å². The number of carbonyl (C=O) groups excluding carboxylic acids is 1. The number of likely N-dealkylation sites (tertiary alicyclic amines) is 1. The van der Waals surface area contributed by atoms with Crippen LogP contribution in [-0.2, 0) is 10.8 Å². The van der Waals surface area contributed by atoms with Gasteiger partial charge in [-0.3, -0.25) is 4.21 Å². The lowest BCUT2D eigenvalue weighted by Gasteiger charge is -2.26. The Morgan fingerprint density at radius 2 is 2.00 bits per heavy atom. The zero-order valence-corrected chi connectivity index (χ0v) is 9.44. The average molecular weight is 218 g/mol. The van der Waals surface area contributed by atoms with Crippen molar-refractivity contribution in [2.75, 3.05) is 31.6 Å². The van der Waals surface area contributed by atoms with Gasteiger partial charge in [0.2, 0.25) is 0 Å². The summed E-state index contributed by atoms with van der Waals surface area (Å²) in [5, 5.41) is 2.78. The average Bonchev–Trinajstić information content (AvgIpc) is 2.18. The molecule has 1 fully saturated rings. The fourth-order valence-electron chi connectivity index (χ4n) is 1.51. The summed E-state index contributed by atoms with van der Waals surface area (Å²) in [6.07, 6.45) is 5.08. The van der Waals surface area contributed by atoms with Gasteiger partial charge in [-0.05, 0) is 19.3 Å². The van der Waals surface area contributed by atoms with E-state index < -0.39 is 10.8 Å². The van der Waals surface area contributed by atoms with Gasteiger partial charge in [0.25, 0.3) is 0 Å². The first-order chi connectivity index (χ1) is 6.70. The third-order valence-electron chi connectivity index (χ3n) is 2.31. The van der Waals surface area contributed by atoms with Crippen molar-refractivity contribution in [2.45, 2.75) is 19.3 Å². The van der Waals surface area contributed by atoms with E-state index in [9.17, 15) is 9.00 Å². The Bertz CT molecular complexity index is 215. The lowest BCUT2D eigenvalue weighted by atomic mass is 10.1. The Morgan fingerprint density at radius 3 is 2.57 bits per heavy atom. The lowest BCUT2D eigenvalue weighted by molar-refractivity contribution is 0.187. The van der Waals surface area contributed by atoms with Crippen LogP contribution < -0.4 is 5.32 Å². The molecule has 5 heteroatoms. The first-order valence-electron chi connectivity index (χ1n) is 5.03. The number of amides is 2. The smallest absolute Gasteiger partial charge is 0.317 e. The molecular formula is C9H18N2O2S. The van der Waals surface area contributed by atoms with Gasteiger partial charge in [0.15, 0.2) is 0 Å². The molecule has 0 aromatic heterocycles. The molecule has 0 spiro atoms. The van der Waals surface area contributed by atoms with Crippen LogP contribution in [0.3, 0.4) is 0 Å². The molecule has 1 atom stereocenters. The predicted octanol–water partition coefficient (Wildman–Crippen LogP) is 0.560. The Kier molecular flexibility index (Phi) is 4.93. The molecule has 4 nitrogen and oxygen atoms in total. The van der Waals surface area contributed by atoms with Crippen molar-refractivity contribution in [1.29, 1.82) is 0 Å². The first kappa shape index (κ1) is 11.5. The second kappa shape index (κ2) is 6.01. The molecule has 0 bridgehead atoms. The molecule has 82 valence electrons. The van der Waals surface area contributed by atoms with E-state index in [1.807, 2.05) is 4.90 Å². The highest BCUT2D eigenvalue weighted by atomic mass is 32.2. The zero-order chi connectivity index (χ0) is 10.4. The number of piperidine rings is 1. The molecule has 1 aliphatic heterocycles. The van der Waals surface area contributed by atoms with Gasteiger partial charge in [-0.25, -0.2) is 4.79 Å². The summed E-state index contributed by atoms with van der Waals surface area (Å²) in [6.45, 7) is 2.24. The summed E-state index contributed by atoms with van der Waals surface area (Å²) in [5.41, 5.74) is 0. The van der Waals surface area contributed by atoms with Gasteiger partial charge in [-0.15, -0.1) is 0 Å². The Morgan fingerprint density at radius 1 is 1.36 bits per heavy atom. The van der Waals surface area contributed by atoms with Crippen molar-refractivity contribution in [3.8, 4) is 0 Å². The monoisotopic (exact) mass is 218 g/mol. The van der Waals surface area contributed by atoms with E-state index >= 15 is 0 Å². The number of hydrogen-bond acceptors (Lipinski definition) is 2. The van der Waals surface area contributed by atoms with E-state index in [2.05, 4.69) is 5.32 Å². The third-order valence-corrected chi connectivity index (χ3v) is 3.09. The summed E-state index contributed by atoms with van der Waals surface area (Å²) in [4.78, 5) is 13.3. The quantitative estimate of drug-likeness (QED) is 0.752. The summed E-state index contributed by atoms with van der Waals surface area (Å²) < 4.78 is 10.7. The zero-order valence-electron chi connectivity index (χ0n) is 8.62. The van der Waals surface area contributed by atoms with Crippen LogP contribution in [0.5, 0.6) is 0 Å². The minimum absolute atomic E-state index is 0.00449. The van der Waals surface area contributed by atoms with E-state index in [0.717, 1.165) is 25.9 Å². The van der Waals surface area contributed by atoms with Gasteiger partial charge in [-0.1, -0.05) is 0 Å².